The van der Waals surface area contributed by atoms with Crippen LogP contribution in [0.4, 0.5) is 0 Å². The molecule has 108 valence electrons. The van der Waals surface area contributed by atoms with E-state index in [9.17, 15) is 14.4 Å². The van der Waals surface area contributed by atoms with E-state index in [-0.39, 0.29) is 18.4 Å². The monoisotopic (exact) mass is 271 g/mol. The van der Waals surface area contributed by atoms with Gasteiger partial charge in [0.25, 0.3) is 0 Å². The Bertz CT molecular complexity index is 357. The second kappa shape index (κ2) is 7.08. The van der Waals surface area contributed by atoms with Gasteiger partial charge in [0.2, 0.25) is 11.8 Å². The lowest BCUT2D eigenvalue weighted by Gasteiger charge is -2.34. The Morgan fingerprint density at radius 2 is 2.26 bits per heavy atom. The number of carbonyl (C=O) groups excluding carboxylic acids is 2. The highest BCUT2D eigenvalue weighted by Gasteiger charge is 2.34. The number of carbonyl (C=O) groups is 3. The minimum absolute atomic E-state index is 0.0345. The highest BCUT2D eigenvalue weighted by Crippen LogP contribution is 2.12. The summed E-state index contributed by atoms with van der Waals surface area (Å²) in [6.45, 7) is 2.60. The van der Waals surface area contributed by atoms with Gasteiger partial charge < -0.3 is 21.1 Å². The first kappa shape index (κ1) is 15.4. The molecular formula is C12H21N3O4. The molecule has 0 bridgehead atoms. The summed E-state index contributed by atoms with van der Waals surface area (Å²) in [7, 11) is 0. The lowest BCUT2D eigenvalue weighted by atomic mass is 10.1. The van der Waals surface area contributed by atoms with Crippen LogP contribution in [-0.4, -0.2) is 53.0 Å². The van der Waals surface area contributed by atoms with Gasteiger partial charge >= 0.3 is 5.97 Å². The molecule has 1 heterocycles. The summed E-state index contributed by atoms with van der Waals surface area (Å²) in [5, 5.41) is 11.4. The van der Waals surface area contributed by atoms with E-state index in [4.69, 9.17) is 10.8 Å². The van der Waals surface area contributed by atoms with Crippen LogP contribution in [0.5, 0.6) is 0 Å². The van der Waals surface area contributed by atoms with Crippen LogP contribution in [0.2, 0.25) is 0 Å². The van der Waals surface area contributed by atoms with Gasteiger partial charge in [0.05, 0.1) is 6.42 Å². The predicted molar refractivity (Wildman–Crippen MR) is 68.3 cm³/mol. The number of carboxylic acid groups (broad SMARTS) is 1. The molecule has 1 rings (SSSR count). The molecule has 0 aromatic rings. The van der Waals surface area contributed by atoms with Gasteiger partial charge in [0.15, 0.2) is 0 Å². The fourth-order valence-electron chi connectivity index (χ4n) is 2.10. The van der Waals surface area contributed by atoms with Crippen molar-refractivity contribution in [2.45, 2.75) is 44.7 Å². The van der Waals surface area contributed by atoms with Crippen molar-refractivity contribution >= 4 is 17.8 Å². The molecule has 0 saturated carbocycles. The standard InChI is InChI=1S/C12H21N3O4/c1-8(13)3-2-4-10(16)15-6-5-14-12(19)9(15)7-11(17)18/h8-9H,2-7,13H2,1H3,(H,14,19)(H,17,18). The van der Waals surface area contributed by atoms with Crippen LogP contribution in [0, 0.1) is 0 Å². The zero-order chi connectivity index (χ0) is 14.4. The lowest BCUT2D eigenvalue weighted by Crippen LogP contribution is -2.57. The maximum atomic E-state index is 12.0. The summed E-state index contributed by atoms with van der Waals surface area (Å²) in [4.78, 5) is 35.8. The molecule has 0 spiro atoms. The number of nitrogens with zero attached hydrogens (tertiary/aromatic N) is 1. The number of piperazine rings is 1. The van der Waals surface area contributed by atoms with Crippen molar-refractivity contribution < 1.29 is 19.5 Å². The second-order valence-corrected chi connectivity index (χ2v) is 4.86. The minimum atomic E-state index is -1.09. The molecule has 7 heteroatoms. The summed E-state index contributed by atoms with van der Waals surface area (Å²) < 4.78 is 0. The topological polar surface area (TPSA) is 113 Å². The molecule has 2 atom stereocenters. The zero-order valence-electron chi connectivity index (χ0n) is 11.1. The fraction of sp³-hybridized carbons (Fsp3) is 0.750. The maximum absolute atomic E-state index is 12.0. The molecule has 4 N–H and O–H groups in total. The molecule has 0 aromatic heterocycles. The third kappa shape index (κ3) is 4.86. The summed E-state index contributed by atoms with van der Waals surface area (Å²) in [5.74, 6) is -1.66. The Morgan fingerprint density at radius 1 is 1.58 bits per heavy atom. The van der Waals surface area contributed by atoms with E-state index in [1.54, 1.807) is 0 Å². The maximum Gasteiger partial charge on any atom is 0.305 e. The molecule has 1 aliphatic heterocycles. The van der Waals surface area contributed by atoms with E-state index >= 15 is 0 Å². The summed E-state index contributed by atoms with van der Waals surface area (Å²) in [6, 6.07) is -0.860. The summed E-state index contributed by atoms with van der Waals surface area (Å²) >= 11 is 0. The average molecular weight is 271 g/mol. The van der Waals surface area contributed by atoms with E-state index in [2.05, 4.69) is 5.32 Å². The first-order chi connectivity index (χ1) is 8.91. The molecule has 2 amide bonds. The van der Waals surface area contributed by atoms with Gasteiger partial charge in [0.1, 0.15) is 6.04 Å². The lowest BCUT2D eigenvalue weighted by molar-refractivity contribution is -0.148. The molecule has 0 aromatic carbocycles. The molecule has 1 saturated heterocycles. The number of hydrogen-bond donors (Lipinski definition) is 3. The van der Waals surface area contributed by atoms with Crippen LogP contribution in [0.25, 0.3) is 0 Å². The van der Waals surface area contributed by atoms with Gasteiger partial charge in [-0.05, 0) is 19.8 Å². The number of nitrogens with two attached hydrogens (primary N) is 1. The third-order valence-corrected chi connectivity index (χ3v) is 3.07. The van der Waals surface area contributed by atoms with Crippen LogP contribution < -0.4 is 11.1 Å². The minimum Gasteiger partial charge on any atom is -0.481 e. The van der Waals surface area contributed by atoms with Gasteiger partial charge in [-0.1, -0.05) is 0 Å². The van der Waals surface area contributed by atoms with E-state index < -0.39 is 17.9 Å². The Morgan fingerprint density at radius 3 is 2.84 bits per heavy atom. The number of rotatable bonds is 6. The van der Waals surface area contributed by atoms with E-state index in [0.717, 1.165) is 6.42 Å². The van der Waals surface area contributed by atoms with Crippen molar-refractivity contribution in [3.05, 3.63) is 0 Å². The number of amides is 2. The molecule has 0 radical (unpaired) electrons. The van der Waals surface area contributed by atoms with Gasteiger partial charge in [-0.3, -0.25) is 14.4 Å². The van der Waals surface area contributed by atoms with Crippen molar-refractivity contribution in [1.82, 2.24) is 10.2 Å². The smallest absolute Gasteiger partial charge is 0.305 e. The van der Waals surface area contributed by atoms with Crippen LogP contribution in [0.1, 0.15) is 32.6 Å². The van der Waals surface area contributed by atoms with Crippen LogP contribution in [-0.2, 0) is 14.4 Å². The second-order valence-electron chi connectivity index (χ2n) is 4.86. The van der Waals surface area contributed by atoms with Crippen molar-refractivity contribution in [1.29, 1.82) is 0 Å². The van der Waals surface area contributed by atoms with Crippen molar-refractivity contribution in [2.24, 2.45) is 5.73 Å². The van der Waals surface area contributed by atoms with Gasteiger partial charge in [-0.15, -0.1) is 0 Å². The van der Waals surface area contributed by atoms with E-state index in [1.165, 1.54) is 4.90 Å². The van der Waals surface area contributed by atoms with Crippen molar-refractivity contribution in [3.63, 3.8) is 0 Å². The predicted octanol–water partition coefficient (Wildman–Crippen LogP) is -0.694. The summed E-state index contributed by atoms with van der Waals surface area (Å²) in [5.41, 5.74) is 5.61. The average Bonchev–Trinajstić information content (AvgIpc) is 2.30. The SMILES string of the molecule is CC(N)CCCC(=O)N1CCNC(=O)C1CC(=O)O. The normalized spacial score (nSPS) is 20.8. The van der Waals surface area contributed by atoms with Crippen LogP contribution in [0.15, 0.2) is 0 Å². The molecule has 2 unspecified atom stereocenters. The van der Waals surface area contributed by atoms with Crippen LogP contribution >= 0.6 is 0 Å². The number of nitrogens with one attached hydrogen (secondary N) is 1. The first-order valence-corrected chi connectivity index (χ1v) is 6.46. The fourth-order valence-corrected chi connectivity index (χ4v) is 2.10. The van der Waals surface area contributed by atoms with Gasteiger partial charge in [-0.2, -0.15) is 0 Å². The zero-order valence-corrected chi connectivity index (χ0v) is 11.1. The Kier molecular flexibility index (Phi) is 5.75. The highest BCUT2D eigenvalue weighted by molar-refractivity contribution is 5.91. The largest absolute Gasteiger partial charge is 0.481 e. The summed E-state index contributed by atoms with van der Waals surface area (Å²) in [6.07, 6.45) is 1.32. The van der Waals surface area contributed by atoms with Crippen molar-refractivity contribution in [2.75, 3.05) is 13.1 Å². The Hall–Kier alpha value is -1.63. The molecule has 19 heavy (non-hydrogen) atoms. The highest BCUT2D eigenvalue weighted by atomic mass is 16.4. The molecule has 7 nitrogen and oxygen atoms in total. The molecule has 0 aliphatic carbocycles. The Balaban J connectivity index is 2.58. The molecule has 1 fully saturated rings. The van der Waals surface area contributed by atoms with E-state index in [0.29, 0.717) is 25.9 Å². The van der Waals surface area contributed by atoms with Gasteiger partial charge in [0, 0.05) is 25.6 Å². The number of hydrogen-bond acceptors (Lipinski definition) is 4. The third-order valence-electron chi connectivity index (χ3n) is 3.07. The van der Waals surface area contributed by atoms with Crippen LogP contribution in [0.3, 0.4) is 0 Å². The first-order valence-electron chi connectivity index (χ1n) is 6.46. The Labute approximate surface area is 112 Å². The molecular weight excluding hydrogens is 250 g/mol. The quantitative estimate of drug-likeness (QED) is 0.591. The number of carboxylic acids is 1. The molecule has 1 aliphatic rings. The number of aliphatic carboxylic acids is 1. The van der Waals surface area contributed by atoms with Crippen molar-refractivity contribution in [3.8, 4) is 0 Å². The van der Waals surface area contributed by atoms with E-state index in [1.807, 2.05) is 6.92 Å². The van der Waals surface area contributed by atoms with Gasteiger partial charge in [-0.25, -0.2) is 0 Å².